The first-order valence-corrected chi connectivity index (χ1v) is 8.98. The molecule has 1 amide bonds. The van der Waals surface area contributed by atoms with Crippen molar-refractivity contribution in [2.45, 2.75) is 52.1 Å². The quantitative estimate of drug-likeness (QED) is 0.785. The van der Waals surface area contributed by atoms with Crippen molar-refractivity contribution in [2.75, 3.05) is 6.54 Å². The first kappa shape index (κ1) is 15.9. The van der Waals surface area contributed by atoms with Gasteiger partial charge in [-0.25, -0.2) is 4.79 Å². The Bertz CT molecular complexity index is 299. The summed E-state index contributed by atoms with van der Waals surface area (Å²) in [6.07, 6.45) is -1.15. The monoisotopic (exact) mass is 258 g/mol. The van der Waals surface area contributed by atoms with Gasteiger partial charge >= 0.3 is 6.09 Å². The molecule has 1 N–H and O–H groups in total. The minimum Gasteiger partial charge on any atom is -0.444 e. The number of nitriles is 1. The Labute approximate surface area is 104 Å². The van der Waals surface area contributed by atoms with Gasteiger partial charge in [-0.3, -0.25) is 0 Å². The Kier molecular flexibility index (Phi) is 5.65. The smallest absolute Gasteiger partial charge is 0.407 e. The first-order chi connectivity index (χ1) is 7.53. The molecule has 98 valence electrons. The average molecular weight is 258 g/mol. The Morgan fingerprint density at radius 3 is 2.29 bits per heavy atom. The van der Waals surface area contributed by atoms with Crippen molar-refractivity contribution in [1.82, 2.24) is 5.32 Å². The number of amides is 1. The van der Waals surface area contributed by atoms with Crippen LogP contribution in [0.15, 0.2) is 0 Å². The van der Waals surface area contributed by atoms with Gasteiger partial charge in [-0.15, -0.1) is 0 Å². The fraction of sp³-hybridized carbons (Fsp3) is 0.818. The van der Waals surface area contributed by atoms with Crippen molar-refractivity contribution in [3.05, 3.63) is 0 Å². The lowest BCUT2D eigenvalue weighted by Gasteiger charge is -2.23. The third-order valence-corrected chi connectivity index (χ3v) is 2.46. The summed E-state index contributed by atoms with van der Waals surface area (Å²) in [5.41, 5.74) is -0.536. The molecule has 0 rings (SSSR count). The van der Waals surface area contributed by atoms with Crippen molar-refractivity contribution in [1.29, 1.82) is 5.26 Å². The Morgan fingerprint density at radius 2 is 1.94 bits per heavy atom. The van der Waals surface area contributed by atoms with Gasteiger partial charge in [-0.2, -0.15) is 5.26 Å². The topological polar surface area (TPSA) is 71.3 Å². The summed E-state index contributed by atoms with van der Waals surface area (Å²) in [4.78, 5) is 11.4. The molecule has 0 radical (unpaired) electrons. The number of ether oxygens (including phenoxy) is 1. The van der Waals surface area contributed by atoms with E-state index in [0.29, 0.717) is 0 Å². The summed E-state index contributed by atoms with van der Waals surface area (Å²) >= 11 is 0. The Hall–Kier alpha value is -1.06. The summed E-state index contributed by atoms with van der Waals surface area (Å²) in [6.45, 7) is 11.5. The molecular formula is C11H22N2O3Si. The normalized spacial score (nSPS) is 13.7. The van der Waals surface area contributed by atoms with Crippen molar-refractivity contribution in [3.63, 3.8) is 0 Å². The molecule has 0 aromatic heterocycles. The third-order valence-electron chi connectivity index (χ3n) is 1.47. The molecule has 0 saturated carbocycles. The minimum atomic E-state index is -1.77. The second-order valence-corrected chi connectivity index (χ2v) is 10.2. The van der Waals surface area contributed by atoms with Gasteiger partial charge in [0.05, 0.1) is 12.6 Å². The largest absolute Gasteiger partial charge is 0.444 e. The van der Waals surface area contributed by atoms with E-state index in [-0.39, 0.29) is 6.54 Å². The summed E-state index contributed by atoms with van der Waals surface area (Å²) in [5, 5.41) is 11.4. The summed E-state index contributed by atoms with van der Waals surface area (Å²) in [5.74, 6) is 0. The number of nitrogens with one attached hydrogen (secondary N) is 1. The number of rotatable bonds is 4. The molecule has 0 bridgehead atoms. The van der Waals surface area contributed by atoms with E-state index in [9.17, 15) is 4.79 Å². The van der Waals surface area contributed by atoms with E-state index in [4.69, 9.17) is 14.4 Å². The highest BCUT2D eigenvalue weighted by Gasteiger charge is 2.22. The van der Waals surface area contributed by atoms with Crippen LogP contribution in [0, 0.1) is 11.3 Å². The fourth-order valence-corrected chi connectivity index (χ4v) is 2.02. The van der Waals surface area contributed by atoms with Crippen molar-refractivity contribution >= 4 is 14.4 Å². The van der Waals surface area contributed by atoms with Crippen LogP contribution >= 0.6 is 0 Å². The maximum atomic E-state index is 11.4. The van der Waals surface area contributed by atoms with E-state index < -0.39 is 26.1 Å². The van der Waals surface area contributed by atoms with Crippen molar-refractivity contribution in [3.8, 4) is 6.07 Å². The average Bonchev–Trinajstić information content (AvgIpc) is 2.07. The Morgan fingerprint density at radius 1 is 1.41 bits per heavy atom. The van der Waals surface area contributed by atoms with Gasteiger partial charge < -0.3 is 14.5 Å². The molecule has 1 unspecified atom stereocenters. The number of nitrogens with zero attached hydrogens (tertiary/aromatic N) is 1. The van der Waals surface area contributed by atoms with Gasteiger partial charge in [-0.05, 0) is 40.4 Å². The van der Waals surface area contributed by atoms with E-state index in [1.807, 2.05) is 25.7 Å². The number of carbonyl (C=O) groups excluding carboxylic acids is 1. The van der Waals surface area contributed by atoms with Gasteiger partial charge in [0.15, 0.2) is 14.4 Å². The van der Waals surface area contributed by atoms with Crippen molar-refractivity contribution in [2.24, 2.45) is 0 Å². The SMILES string of the molecule is CC(C)(C)OC(=O)NCC(C#N)O[Si](C)(C)C. The minimum absolute atomic E-state index is 0.148. The zero-order chi connectivity index (χ0) is 13.7. The Balaban J connectivity index is 4.09. The van der Waals surface area contributed by atoms with Crippen LogP contribution in [0.4, 0.5) is 4.79 Å². The molecule has 0 aliphatic heterocycles. The molecule has 0 aromatic rings. The first-order valence-electron chi connectivity index (χ1n) is 5.58. The number of carbonyl (C=O) groups is 1. The molecule has 0 spiro atoms. The molecule has 17 heavy (non-hydrogen) atoms. The zero-order valence-electron chi connectivity index (χ0n) is 11.5. The van der Waals surface area contributed by atoms with Gasteiger partial charge in [0.2, 0.25) is 0 Å². The predicted octanol–water partition coefficient (Wildman–Crippen LogP) is 2.25. The lowest BCUT2D eigenvalue weighted by molar-refractivity contribution is 0.0510. The van der Waals surface area contributed by atoms with E-state index in [2.05, 4.69) is 5.32 Å². The molecule has 5 nitrogen and oxygen atoms in total. The van der Waals surface area contributed by atoms with Crippen LogP contribution in [0.1, 0.15) is 20.8 Å². The molecule has 0 fully saturated rings. The van der Waals surface area contributed by atoms with Gasteiger partial charge in [0, 0.05) is 0 Å². The lowest BCUT2D eigenvalue weighted by Crippen LogP contribution is -2.41. The summed E-state index contributed by atoms with van der Waals surface area (Å²) in [6, 6.07) is 2.02. The summed E-state index contributed by atoms with van der Waals surface area (Å²) < 4.78 is 10.6. The molecule has 6 heteroatoms. The van der Waals surface area contributed by atoms with Crippen LogP contribution in [-0.2, 0) is 9.16 Å². The number of alkyl carbamates (subject to hydrolysis) is 1. The molecule has 1 atom stereocenters. The standard InChI is InChI=1S/C11H22N2O3Si/c1-11(2,3)15-10(14)13-8-9(7-12)16-17(4,5)6/h9H,8H2,1-6H3,(H,13,14). The molecule has 0 aliphatic rings. The predicted molar refractivity (Wildman–Crippen MR) is 68.1 cm³/mol. The van der Waals surface area contributed by atoms with Crippen LogP contribution in [-0.4, -0.2) is 32.7 Å². The fourth-order valence-electron chi connectivity index (χ4n) is 1.03. The van der Waals surface area contributed by atoms with Crippen LogP contribution in [0.3, 0.4) is 0 Å². The molecular weight excluding hydrogens is 236 g/mol. The second kappa shape index (κ2) is 6.03. The van der Waals surface area contributed by atoms with Crippen LogP contribution in [0.25, 0.3) is 0 Å². The van der Waals surface area contributed by atoms with Crippen LogP contribution in [0.5, 0.6) is 0 Å². The zero-order valence-corrected chi connectivity index (χ0v) is 12.5. The molecule has 0 aromatic carbocycles. The number of hydrogen-bond acceptors (Lipinski definition) is 4. The molecule has 0 saturated heterocycles. The van der Waals surface area contributed by atoms with E-state index in [0.717, 1.165) is 0 Å². The van der Waals surface area contributed by atoms with Crippen molar-refractivity contribution < 1.29 is 14.0 Å². The van der Waals surface area contributed by atoms with E-state index >= 15 is 0 Å². The third kappa shape index (κ3) is 9.84. The van der Waals surface area contributed by atoms with Crippen LogP contribution < -0.4 is 5.32 Å². The highest BCUT2D eigenvalue weighted by molar-refractivity contribution is 6.69. The lowest BCUT2D eigenvalue weighted by atomic mass is 10.2. The van der Waals surface area contributed by atoms with Gasteiger partial charge in [0.25, 0.3) is 0 Å². The molecule has 0 aliphatic carbocycles. The maximum absolute atomic E-state index is 11.4. The summed E-state index contributed by atoms with van der Waals surface area (Å²) in [7, 11) is -1.77. The highest BCUT2D eigenvalue weighted by atomic mass is 28.4. The van der Waals surface area contributed by atoms with E-state index in [1.54, 1.807) is 20.8 Å². The maximum Gasteiger partial charge on any atom is 0.407 e. The highest BCUT2D eigenvalue weighted by Crippen LogP contribution is 2.08. The second-order valence-electron chi connectivity index (χ2n) is 5.73. The van der Waals surface area contributed by atoms with Gasteiger partial charge in [-0.1, -0.05) is 0 Å². The molecule has 0 heterocycles. The van der Waals surface area contributed by atoms with Crippen LogP contribution in [0.2, 0.25) is 19.6 Å². The van der Waals surface area contributed by atoms with Gasteiger partial charge in [0.1, 0.15) is 5.60 Å². The van der Waals surface area contributed by atoms with E-state index in [1.165, 1.54) is 0 Å². The number of hydrogen-bond donors (Lipinski definition) is 1.